The molecule has 4 atom stereocenters. The van der Waals surface area contributed by atoms with Crippen LogP contribution in [0.2, 0.25) is 0 Å². The average molecular weight is 690 g/mol. The molecule has 0 bridgehead atoms. The van der Waals surface area contributed by atoms with Crippen LogP contribution in [0.3, 0.4) is 0 Å². The summed E-state index contributed by atoms with van der Waals surface area (Å²) in [7, 11) is -2.74. The van der Waals surface area contributed by atoms with Crippen LogP contribution in [-0.4, -0.2) is 92.9 Å². The van der Waals surface area contributed by atoms with Crippen LogP contribution >= 0.6 is 0 Å². The molecular weight excluding hydrogens is 646 g/mol. The molecular formula is C32H43F4N3O7S. The van der Waals surface area contributed by atoms with Gasteiger partial charge in [-0.15, -0.1) is 0 Å². The molecule has 262 valence electrons. The molecule has 10 nitrogen and oxygen atoms in total. The number of hydrogen-bond donors (Lipinski definition) is 2. The fraction of sp³-hybridized carbons (Fsp3) is 0.562. The Labute approximate surface area is 273 Å². The number of anilines is 1. The molecule has 1 aliphatic heterocycles. The number of fused-ring (bicyclic) bond motifs is 1. The first-order valence-electron chi connectivity index (χ1n) is 15.4. The number of sulfonamides is 1. The minimum Gasteiger partial charge on any atom is -0.490 e. The molecule has 0 aromatic heterocycles. The van der Waals surface area contributed by atoms with Crippen LogP contribution < -0.4 is 9.46 Å². The molecule has 47 heavy (non-hydrogen) atoms. The molecule has 1 heterocycles. The third-order valence-electron chi connectivity index (χ3n) is 7.93. The second kappa shape index (κ2) is 16.6. The Hall–Kier alpha value is -3.43. The van der Waals surface area contributed by atoms with Gasteiger partial charge in [-0.05, 0) is 75.6 Å². The summed E-state index contributed by atoms with van der Waals surface area (Å²) in [5.41, 5.74) is 0.0706. The number of carbonyl (C=O) groups is 2. The van der Waals surface area contributed by atoms with Gasteiger partial charge in [0.15, 0.2) is 0 Å². The second-order valence-corrected chi connectivity index (χ2v) is 13.6. The summed E-state index contributed by atoms with van der Waals surface area (Å²) in [4.78, 5) is 29.1. The Morgan fingerprint density at radius 1 is 1.15 bits per heavy atom. The van der Waals surface area contributed by atoms with Gasteiger partial charge in [0.2, 0.25) is 5.91 Å². The van der Waals surface area contributed by atoms with E-state index in [0.29, 0.717) is 25.9 Å². The summed E-state index contributed by atoms with van der Waals surface area (Å²) in [6.07, 6.45) is -5.50. The first-order valence-corrected chi connectivity index (χ1v) is 16.9. The summed E-state index contributed by atoms with van der Waals surface area (Å²) in [6.45, 7) is 5.14. The molecule has 2 aromatic rings. The van der Waals surface area contributed by atoms with Gasteiger partial charge in [0, 0.05) is 44.8 Å². The number of hydrogen-bond acceptors (Lipinski definition) is 7. The van der Waals surface area contributed by atoms with Crippen molar-refractivity contribution in [3.05, 3.63) is 53.8 Å². The summed E-state index contributed by atoms with van der Waals surface area (Å²) < 4.78 is 92.3. The molecule has 0 fully saturated rings. The molecule has 0 spiro atoms. The van der Waals surface area contributed by atoms with Crippen LogP contribution in [0.15, 0.2) is 47.4 Å². The molecule has 0 saturated heterocycles. The lowest BCUT2D eigenvalue weighted by Crippen LogP contribution is -2.48. The van der Waals surface area contributed by atoms with Gasteiger partial charge in [0.05, 0.1) is 41.7 Å². The highest BCUT2D eigenvalue weighted by atomic mass is 32.2. The fourth-order valence-corrected chi connectivity index (χ4v) is 6.14. The number of aliphatic hydroxyl groups is 1. The number of alkyl halides is 3. The van der Waals surface area contributed by atoms with Crippen molar-refractivity contribution in [3.8, 4) is 5.75 Å². The Morgan fingerprint density at radius 2 is 1.83 bits per heavy atom. The topological polar surface area (TPSA) is 125 Å². The third-order valence-corrected chi connectivity index (χ3v) is 9.33. The minimum absolute atomic E-state index is 0.0151. The maximum Gasteiger partial charge on any atom is 0.389 e. The van der Waals surface area contributed by atoms with Gasteiger partial charge in [-0.3, -0.25) is 14.3 Å². The van der Waals surface area contributed by atoms with E-state index in [1.807, 2.05) is 6.92 Å². The number of rotatable bonds is 9. The van der Waals surface area contributed by atoms with Gasteiger partial charge in [-0.1, -0.05) is 6.92 Å². The van der Waals surface area contributed by atoms with Crippen LogP contribution in [0.25, 0.3) is 0 Å². The zero-order valence-electron chi connectivity index (χ0n) is 26.9. The van der Waals surface area contributed by atoms with E-state index in [4.69, 9.17) is 9.47 Å². The van der Waals surface area contributed by atoms with E-state index in [2.05, 4.69) is 4.72 Å². The average Bonchev–Trinajstić information content (AvgIpc) is 3.00. The Bertz CT molecular complexity index is 1460. The van der Waals surface area contributed by atoms with E-state index in [1.165, 1.54) is 35.0 Å². The number of benzene rings is 2. The van der Waals surface area contributed by atoms with Crippen molar-refractivity contribution in [2.75, 3.05) is 38.1 Å². The first kappa shape index (κ1) is 38.0. The van der Waals surface area contributed by atoms with E-state index in [0.717, 1.165) is 24.3 Å². The number of amides is 2. The van der Waals surface area contributed by atoms with Crippen molar-refractivity contribution in [2.24, 2.45) is 5.92 Å². The van der Waals surface area contributed by atoms with Gasteiger partial charge in [-0.25, -0.2) is 12.8 Å². The van der Waals surface area contributed by atoms with E-state index in [-0.39, 0.29) is 41.1 Å². The normalized spacial score (nSPS) is 20.8. The lowest BCUT2D eigenvalue weighted by atomic mass is 10.0. The van der Waals surface area contributed by atoms with Crippen LogP contribution in [0.1, 0.15) is 63.2 Å². The summed E-state index contributed by atoms with van der Waals surface area (Å²) in [5.74, 6) is -2.11. The maximum atomic E-state index is 14.2. The summed E-state index contributed by atoms with van der Waals surface area (Å²) >= 11 is 0. The van der Waals surface area contributed by atoms with Gasteiger partial charge >= 0.3 is 6.18 Å². The first-order chi connectivity index (χ1) is 22.0. The van der Waals surface area contributed by atoms with Crippen molar-refractivity contribution in [3.63, 3.8) is 0 Å². The molecule has 0 aliphatic carbocycles. The van der Waals surface area contributed by atoms with Crippen LogP contribution in [-0.2, 0) is 19.6 Å². The van der Waals surface area contributed by atoms with Crippen molar-refractivity contribution in [1.29, 1.82) is 0 Å². The molecule has 2 amide bonds. The largest absolute Gasteiger partial charge is 0.490 e. The maximum absolute atomic E-state index is 14.2. The number of ether oxygens (including phenoxy) is 2. The number of halogens is 4. The fourth-order valence-electron chi connectivity index (χ4n) is 5.09. The van der Waals surface area contributed by atoms with Crippen LogP contribution in [0, 0.1) is 11.7 Å². The van der Waals surface area contributed by atoms with Crippen LogP contribution in [0.4, 0.5) is 23.2 Å². The lowest BCUT2D eigenvalue weighted by Gasteiger charge is -2.36. The number of nitrogens with one attached hydrogen (secondary N) is 1. The number of carbonyl (C=O) groups excluding carboxylic acids is 2. The van der Waals surface area contributed by atoms with Gasteiger partial charge in [-0.2, -0.15) is 13.2 Å². The highest BCUT2D eigenvalue weighted by molar-refractivity contribution is 7.92. The van der Waals surface area contributed by atoms with E-state index in [1.54, 1.807) is 13.8 Å². The molecule has 2 aromatic carbocycles. The van der Waals surface area contributed by atoms with Gasteiger partial charge in [0.25, 0.3) is 15.9 Å². The highest BCUT2D eigenvalue weighted by Crippen LogP contribution is 2.30. The number of nitrogens with zero attached hydrogens (tertiary/aromatic N) is 2. The van der Waals surface area contributed by atoms with Crippen molar-refractivity contribution in [1.82, 2.24) is 9.80 Å². The Morgan fingerprint density at radius 3 is 2.47 bits per heavy atom. The minimum atomic E-state index is -4.47. The Balaban J connectivity index is 1.95. The quantitative estimate of drug-likeness (QED) is 0.346. The molecule has 0 saturated carbocycles. The predicted molar refractivity (Wildman–Crippen MR) is 167 cm³/mol. The standard InChI is InChI=1S/C32H43F4N3O7S/c1-21-18-39(22(2)20-40)31(42)27-17-25(37-47(43,44)26-11-8-24(33)9-12-26)10-13-28(27)46-23(3)7-5-6-16-45-29(21)19-38(4)30(41)14-15-32(34,35)36/h8-13,17,21-23,29,37,40H,5-7,14-16,18-20H2,1-4H3/t21-,22-,23-,29-/m0/s1. The van der Waals surface area contributed by atoms with E-state index >= 15 is 0 Å². The summed E-state index contributed by atoms with van der Waals surface area (Å²) in [6, 6.07) is 7.79. The molecule has 0 radical (unpaired) electrons. The monoisotopic (exact) mass is 689 g/mol. The van der Waals surface area contributed by atoms with Crippen molar-refractivity contribution < 1.29 is 50.1 Å². The smallest absolute Gasteiger partial charge is 0.389 e. The van der Waals surface area contributed by atoms with Crippen LogP contribution in [0.5, 0.6) is 5.75 Å². The highest BCUT2D eigenvalue weighted by Gasteiger charge is 2.32. The van der Waals surface area contributed by atoms with Gasteiger partial charge in [0.1, 0.15) is 11.6 Å². The summed E-state index contributed by atoms with van der Waals surface area (Å²) in [5, 5.41) is 10.1. The SMILES string of the molecule is C[C@H]1CCCCO[C@@H](CN(C)C(=O)CCC(F)(F)F)[C@@H](C)CN([C@@H](C)CO)C(=O)c2cc(NS(=O)(=O)c3ccc(F)cc3)ccc2O1. The number of likely N-dealkylation sites (N-methyl/N-ethyl adjacent to an activating group) is 1. The molecule has 3 rings (SSSR count). The third kappa shape index (κ3) is 11.4. The molecule has 15 heteroatoms. The zero-order valence-corrected chi connectivity index (χ0v) is 27.7. The number of aliphatic hydroxyl groups excluding tert-OH is 1. The zero-order chi connectivity index (χ0) is 34.9. The van der Waals surface area contributed by atoms with Crippen molar-refractivity contribution in [2.45, 2.75) is 82.2 Å². The van der Waals surface area contributed by atoms with Gasteiger partial charge < -0.3 is 24.4 Å². The lowest BCUT2D eigenvalue weighted by molar-refractivity contribution is -0.149. The predicted octanol–water partition coefficient (Wildman–Crippen LogP) is 5.22. The second-order valence-electron chi connectivity index (χ2n) is 12.0. The Kier molecular flexibility index (Phi) is 13.4. The van der Waals surface area contributed by atoms with Crippen molar-refractivity contribution >= 4 is 27.5 Å². The molecule has 0 unspecified atom stereocenters. The molecule has 2 N–H and O–H groups in total. The molecule has 1 aliphatic rings. The van der Waals surface area contributed by atoms with E-state index < -0.39 is 71.3 Å². The van der Waals surface area contributed by atoms with E-state index in [9.17, 15) is 40.7 Å².